The Kier molecular flexibility index (Phi) is 2.38. The second-order valence-corrected chi connectivity index (χ2v) is 2.75. The van der Waals surface area contributed by atoms with Crippen molar-refractivity contribution in [1.29, 1.82) is 0 Å². The van der Waals surface area contributed by atoms with Crippen molar-refractivity contribution in [2.45, 2.75) is 6.92 Å². The lowest BCUT2D eigenvalue weighted by Crippen LogP contribution is -2.09. The Balaban J connectivity index is 3.53. The highest BCUT2D eigenvalue weighted by Crippen LogP contribution is 2.24. The molecule has 70 valence electrons. The summed E-state index contributed by atoms with van der Waals surface area (Å²) in [5.74, 6) is -2.32. The summed E-state index contributed by atoms with van der Waals surface area (Å²) in [6.07, 6.45) is 0. The first-order valence-electron chi connectivity index (χ1n) is 3.29. The van der Waals surface area contributed by atoms with Crippen molar-refractivity contribution in [2.24, 2.45) is 0 Å². The lowest BCUT2D eigenvalue weighted by atomic mass is 10.1. The maximum absolute atomic E-state index is 12.9. The summed E-state index contributed by atoms with van der Waals surface area (Å²) in [5, 5.41) is 8.22. The van der Waals surface area contributed by atoms with Crippen molar-refractivity contribution in [1.82, 2.24) is 4.98 Å². The monoisotopic (exact) mass is 204 g/mol. The average molecular weight is 205 g/mol. The summed E-state index contributed by atoms with van der Waals surface area (Å²) >= 11 is 5.34. The van der Waals surface area contributed by atoms with E-state index in [0.717, 1.165) is 0 Å². The Morgan fingerprint density at radius 3 is 2.69 bits per heavy atom. The molecule has 1 heterocycles. The molecule has 0 radical (unpaired) electrons. The van der Waals surface area contributed by atoms with E-state index in [2.05, 4.69) is 4.98 Å². The second kappa shape index (κ2) is 3.18. The number of rotatable bonds is 1. The number of carboxylic acid groups (broad SMARTS) is 1. The number of hydrogen-bond donors (Lipinski definition) is 2. The summed E-state index contributed by atoms with van der Waals surface area (Å²) < 4.78 is 12.9. The molecule has 0 bridgehead atoms. The smallest absolute Gasteiger partial charge is 0.339 e. The fourth-order valence-corrected chi connectivity index (χ4v) is 1.17. The molecule has 0 aliphatic rings. The van der Waals surface area contributed by atoms with Gasteiger partial charge in [0.15, 0.2) is 11.0 Å². The van der Waals surface area contributed by atoms with Crippen molar-refractivity contribution >= 4 is 23.3 Å². The van der Waals surface area contributed by atoms with Crippen molar-refractivity contribution in [3.05, 3.63) is 22.2 Å². The zero-order valence-electron chi connectivity index (χ0n) is 6.64. The van der Waals surface area contributed by atoms with E-state index in [0.29, 0.717) is 0 Å². The predicted molar refractivity (Wildman–Crippen MR) is 45.3 cm³/mol. The van der Waals surface area contributed by atoms with E-state index in [1.807, 2.05) is 0 Å². The first-order chi connectivity index (χ1) is 5.95. The number of aryl methyl sites for hydroxylation is 1. The number of hydrogen-bond acceptors (Lipinski definition) is 3. The van der Waals surface area contributed by atoms with Crippen LogP contribution in [0.25, 0.3) is 0 Å². The van der Waals surface area contributed by atoms with Gasteiger partial charge in [-0.1, -0.05) is 11.6 Å². The number of anilines is 1. The van der Waals surface area contributed by atoms with Crippen LogP contribution >= 0.6 is 11.6 Å². The minimum Gasteiger partial charge on any atom is -0.478 e. The number of nitrogens with zero attached hydrogens (tertiary/aromatic N) is 1. The van der Waals surface area contributed by atoms with E-state index in [-0.39, 0.29) is 11.3 Å². The summed E-state index contributed by atoms with van der Waals surface area (Å²) in [5.41, 5.74) is 4.47. The van der Waals surface area contributed by atoms with Crippen LogP contribution in [0.1, 0.15) is 16.1 Å². The minimum atomic E-state index is -1.32. The Morgan fingerprint density at radius 1 is 1.69 bits per heavy atom. The number of pyridine rings is 1. The molecular formula is C7H6ClFN2O2. The molecule has 0 aliphatic heterocycles. The second-order valence-electron chi connectivity index (χ2n) is 2.40. The van der Waals surface area contributed by atoms with Gasteiger partial charge < -0.3 is 10.8 Å². The third kappa shape index (κ3) is 1.55. The predicted octanol–water partition coefficient (Wildman–Crippen LogP) is 1.46. The van der Waals surface area contributed by atoms with Crippen LogP contribution < -0.4 is 5.73 Å². The standard InChI is InChI=1S/C7H6ClFN2O2/c1-2-3(7(12)13)5(10)4(9)6(8)11-2/h1H3,(H2,10,11)(H,12,13). The molecule has 1 aromatic heterocycles. The van der Waals surface area contributed by atoms with Crippen LogP contribution in [-0.2, 0) is 0 Å². The zero-order chi connectivity index (χ0) is 10.2. The van der Waals surface area contributed by atoms with E-state index in [4.69, 9.17) is 22.4 Å². The highest BCUT2D eigenvalue weighted by Gasteiger charge is 2.19. The van der Waals surface area contributed by atoms with Crippen LogP contribution in [0.5, 0.6) is 0 Å². The molecule has 0 aromatic carbocycles. The van der Waals surface area contributed by atoms with Crippen LogP contribution in [0.2, 0.25) is 5.15 Å². The number of aromatic carboxylic acids is 1. The van der Waals surface area contributed by atoms with Gasteiger partial charge in [-0.25, -0.2) is 14.2 Å². The van der Waals surface area contributed by atoms with E-state index < -0.39 is 22.6 Å². The quantitative estimate of drug-likeness (QED) is 0.679. The van der Waals surface area contributed by atoms with Gasteiger partial charge in [-0.2, -0.15) is 0 Å². The van der Waals surface area contributed by atoms with Crippen molar-refractivity contribution in [3.8, 4) is 0 Å². The molecule has 6 heteroatoms. The first-order valence-corrected chi connectivity index (χ1v) is 3.67. The Labute approximate surface area is 78.1 Å². The van der Waals surface area contributed by atoms with E-state index in [1.54, 1.807) is 0 Å². The number of nitrogen functional groups attached to an aromatic ring is 1. The lowest BCUT2D eigenvalue weighted by Gasteiger charge is -2.05. The summed E-state index contributed by atoms with van der Waals surface area (Å²) in [6, 6.07) is 0. The van der Waals surface area contributed by atoms with Crippen LogP contribution in [0, 0.1) is 12.7 Å². The van der Waals surface area contributed by atoms with Gasteiger partial charge in [-0.15, -0.1) is 0 Å². The first kappa shape index (κ1) is 9.73. The maximum atomic E-state index is 12.9. The van der Waals surface area contributed by atoms with Gasteiger partial charge in [0, 0.05) is 0 Å². The topological polar surface area (TPSA) is 76.2 Å². The van der Waals surface area contributed by atoms with Gasteiger partial charge in [0.2, 0.25) is 0 Å². The highest BCUT2D eigenvalue weighted by atomic mass is 35.5. The van der Waals surface area contributed by atoms with Crippen LogP contribution in [0.4, 0.5) is 10.1 Å². The molecule has 0 amide bonds. The highest BCUT2D eigenvalue weighted by molar-refractivity contribution is 6.30. The van der Waals surface area contributed by atoms with Crippen LogP contribution in [0.3, 0.4) is 0 Å². The Hall–Kier alpha value is -1.36. The largest absolute Gasteiger partial charge is 0.478 e. The zero-order valence-corrected chi connectivity index (χ0v) is 7.39. The summed E-state index contributed by atoms with van der Waals surface area (Å²) in [7, 11) is 0. The number of carboxylic acids is 1. The number of aromatic nitrogens is 1. The van der Waals surface area contributed by atoms with Gasteiger partial charge in [0.05, 0.1) is 11.4 Å². The SMILES string of the molecule is Cc1nc(Cl)c(F)c(N)c1C(=O)O. The minimum absolute atomic E-state index is 0.0939. The molecular weight excluding hydrogens is 199 g/mol. The van der Waals surface area contributed by atoms with Gasteiger partial charge >= 0.3 is 5.97 Å². The third-order valence-electron chi connectivity index (χ3n) is 1.53. The molecule has 0 aliphatic carbocycles. The maximum Gasteiger partial charge on any atom is 0.339 e. The molecule has 0 unspecified atom stereocenters. The molecule has 1 rings (SSSR count). The Morgan fingerprint density at radius 2 is 2.23 bits per heavy atom. The molecule has 0 spiro atoms. The van der Waals surface area contributed by atoms with Crippen molar-refractivity contribution < 1.29 is 14.3 Å². The molecule has 0 saturated carbocycles. The van der Waals surface area contributed by atoms with Gasteiger partial charge in [0.1, 0.15) is 5.56 Å². The van der Waals surface area contributed by atoms with Gasteiger partial charge in [-0.05, 0) is 6.92 Å². The number of halogens is 2. The molecule has 4 nitrogen and oxygen atoms in total. The molecule has 0 fully saturated rings. The number of nitrogens with two attached hydrogens (primary N) is 1. The van der Waals surface area contributed by atoms with E-state index in [9.17, 15) is 9.18 Å². The number of carbonyl (C=O) groups is 1. The molecule has 0 atom stereocenters. The fraction of sp³-hybridized carbons (Fsp3) is 0.143. The van der Waals surface area contributed by atoms with Crippen molar-refractivity contribution in [3.63, 3.8) is 0 Å². The van der Waals surface area contributed by atoms with Crippen molar-refractivity contribution in [2.75, 3.05) is 5.73 Å². The summed E-state index contributed by atoms with van der Waals surface area (Å²) in [6.45, 7) is 1.39. The van der Waals surface area contributed by atoms with E-state index in [1.165, 1.54) is 6.92 Å². The third-order valence-corrected chi connectivity index (χ3v) is 1.78. The van der Waals surface area contributed by atoms with Gasteiger partial charge in [0.25, 0.3) is 0 Å². The van der Waals surface area contributed by atoms with E-state index >= 15 is 0 Å². The molecule has 13 heavy (non-hydrogen) atoms. The Bertz CT molecular complexity index is 381. The normalized spacial score (nSPS) is 10.1. The van der Waals surface area contributed by atoms with Crippen LogP contribution in [-0.4, -0.2) is 16.1 Å². The van der Waals surface area contributed by atoms with Crippen LogP contribution in [0.15, 0.2) is 0 Å². The lowest BCUT2D eigenvalue weighted by molar-refractivity contribution is 0.0696. The van der Waals surface area contributed by atoms with Gasteiger partial charge in [-0.3, -0.25) is 0 Å². The molecule has 0 saturated heterocycles. The molecule has 3 N–H and O–H groups in total. The fourth-order valence-electron chi connectivity index (χ4n) is 0.938. The average Bonchev–Trinajstić information content (AvgIpc) is 1.99. The summed E-state index contributed by atoms with van der Waals surface area (Å²) in [4.78, 5) is 14.1. The molecule has 1 aromatic rings.